The molecule has 3 nitrogen and oxygen atoms in total. The van der Waals surface area contributed by atoms with E-state index in [1.807, 2.05) is 24.4 Å². The maximum absolute atomic E-state index is 6.42. The molecule has 1 aromatic heterocycles. The van der Waals surface area contributed by atoms with Gasteiger partial charge in [0.05, 0.1) is 5.92 Å². The van der Waals surface area contributed by atoms with E-state index >= 15 is 0 Å². The summed E-state index contributed by atoms with van der Waals surface area (Å²) < 4.78 is 6.42. The second-order valence-electron chi connectivity index (χ2n) is 6.58. The normalized spacial score (nSPS) is 19.3. The molecule has 1 aliphatic rings. The van der Waals surface area contributed by atoms with E-state index in [4.69, 9.17) is 4.74 Å². The molecule has 0 N–H and O–H groups in total. The maximum atomic E-state index is 6.42. The van der Waals surface area contributed by atoms with Crippen molar-refractivity contribution in [2.24, 2.45) is 0 Å². The molecule has 2 heterocycles. The Bertz CT molecular complexity index is 820. The summed E-state index contributed by atoms with van der Waals surface area (Å²) in [6, 6.07) is 25.0. The van der Waals surface area contributed by atoms with Crippen molar-refractivity contribution in [3.63, 3.8) is 0 Å². The number of hydrogen-bond donors (Lipinski definition) is 0. The van der Waals surface area contributed by atoms with Gasteiger partial charge in [-0.15, -0.1) is 0 Å². The first-order chi connectivity index (χ1) is 12.3. The van der Waals surface area contributed by atoms with E-state index in [1.54, 1.807) is 0 Å². The zero-order valence-corrected chi connectivity index (χ0v) is 14.4. The van der Waals surface area contributed by atoms with Crippen LogP contribution in [0.3, 0.4) is 0 Å². The quantitative estimate of drug-likeness (QED) is 0.715. The van der Waals surface area contributed by atoms with Crippen molar-refractivity contribution in [3.8, 4) is 5.75 Å². The summed E-state index contributed by atoms with van der Waals surface area (Å²) in [5.74, 6) is 1.20. The van der Waals surface area contributed by atoms with Crippen LogP contribution in [0.25, 0.3) is 0 Å². The van der Waals surface area contributed by atoms with E-state index in [9.17, 15) is 0 Å². The zero-order valence-electron chi connectivity index (χ0n) is 14.4. The molecular weight excluding hydrogens is 308 g/mol. The van der Waals surface area contributed by atoms with Crippen LogP contribution in [0, 0.1) is 0 Å². The van der Waals surface area contributed by atoms with Crippen molar-refractivity contribution in [2.45, 2.75) is 25.1 Å². The first-order valence-electron chi connectivity index (χ1n) is 8.71. The molecule has 0 saturated carbocycles. The van der Waals surface area contributed by atoms with Gasteiger partial charge in [-0.25, -0.2) is 0 Å². The third-order valence-corrected chi connectivity index (χ3v) is 4.78. The molecule has 4 rings (SSSR count). The second kappa shape index (κ2) is 7.08. The summed E-state index contributed by atoms with van der Waals surface area (Å²) in [6.07, 6.45) is 2.77. The lowest BCUT2D eigenvalue weighted by Crippen LogP contribution is -2.44. The van der Waals surface area contributed by atoms with Crippen molar-refractivity contribution in [1.82, 2.24) is 9.88 Å². The van der Waals surface area contributed by atoms with Crippen LogP contribution < -0.4 is 4.74 Å². The van der Waals surface area contributed by atoms with Crippen LogP contribution in [-0.2, 0) is 13.0 Å². The zero-order chi connectivity index (χ0) is 17.1. The molecule has 0 fully saturated rings. The highest BCUT2D eigenvalue weighted by Crippen LogP contribution is 2.36. The van der Waals surface area contributed by atoms with Crippen molar-refractivity contribution >= 4 is 0 Å². The van der Waals surface area contributed by atoms with Crippen LogP contribution >= 0.6 is 0 Å². The molecule has 0 aliphatic carbocycles. The molecule has 0 saturated heterocycles. The van der Waals surface area contributed by atoms with Gasteiger partial charge in [-0.3, -0.25) is 9.88 Å². The van der Waals surface area contributed by atoms with Gasteiger partial charge < -0.3 is 4.74 Å². The van der Waals surface area contributed by atoms with Gasteiger partial charge in [0.1, 0.15) is 5.75 Å². The standard InChI is InChI=1S/C22H22N2O/c1-24(16-17-9-3-2-4-10-17)22-19(20-12-7-8-14-23-20)15-18-11-5-6-13-21(18)25-22/h2-14,19,22H,15-16H2,1H3. The number of hydrogen-bond acceptors (Lipinski definition) is 3. The van der Waals surface area contributed by atoms with Crippen LogP contribution in [0.1, 0.15) is 22.7 Å². The lowest BCUT2D eigenvalue weighted by atomic mass is 9.90. The minimum Gasteiger partial charge on any atom is -0.474 e. The maximum Gasteiger partial charge on any atom is 0.161 e. The van der Waals surface area contributed by atoms with E-state index in [0.29, 0.717) is 0 Å². The van der Waals surface area contributed by atoms with E-state index in [0.717, 1.165) is 24.4 Å². The first-order valence-corrected chi connectivity index (χ1v) is 8.71. The Hall–Kier alpha value is -2.65. The molecule has 25 heavy (non-hydrogen) atoms. The van der Waals surface area contributed by atoms with Crippen LogP contribution in [0.4, 0.5) is 0 Å². The average molecular weight is 330 g/mol. The van der Waals surface area contributed by atoms with E-state index in [2.05, 4.69) is 71.5 Å². The van der Waals surface area contributed by atoms with Gasteiger partial charge in [-0.1, -0.05) is 54.6 Å². The molecular formula is C22H22N2O. The van der Waals surface area contributed by atoms with E-state index < -0.39 is 0 Å². The number of benzene rings is 2. The summed E-state index contributed by atoms with van der Waals surface area (Å²) >= 11 is 0. The summed E-state index contributed by atoms with van der Waals surface area (Å²) in [6.45, 7) is 0.844. The number of ether oxygens (including phenoxy) is 1. The number of aromatic nitrogens is 1. The lowest BCUT2D eigenvalue weighted by molar-refractivity contribution is 0.00451. The highest BCUT2D eigenvalue weighted by molar-refractivity contribution is 5.38. The summed E-state index contributed by atoms with van der Waals surface area (Å²) in [5, 5.41) is 0. The number of fused-ring (bicyclic) bond motifs is 1. The molecule has 3 aromatic rings. The molecule has 3 heteroatoms. The van der Waals surface area contributed by atoms with E-state index in [1.165, 1.54) is 11.1 Å². The van der Waals surface area contributed by atoms with Gasteiger partial charge in [-0.05, 0) is 42.8 Å². The Morgan fingerprint density at radius 3 is 2.52 bits per heavy atom. The van der Waals surface area contributed by atoms with Crippen molar-refractivity contribution < 1.29 is 4.74 Å². The van der Waals surface area contributed by atoms with Crippen LogP contribution in [0.15, 0.2) is 79.0 Å². The fourth-order valence-corrected chi connectivity index (χ4v) is 3.54. The SMILES string of the molecule is CN(Cc1ccccc1)C1Oc2ccccc2CC1c1ccccn1. The lowest BCUT2D eigenvalue weighted by Gasteiger charge is -2.38. The Labute approximate surface area is 148 Å². The van der Waals surface area contributed by atoms with Gasteiger partial charge in [0.15, 0.2) is 6.23 Å². The number of para-hydroxylation sites is 1. The molecule has 0 radical (unpaired) electrons. The predicted octanol–water partition coefficient (Wildman–Crippen LogP) is 4.26. The van der Waals surface area contributed by atoms with Gasteiger partial charge in [0.25, 0.3) is 0 Å². The fourth-order valence-electron chi connectivity index (χ4n) is 3.54. The van der Waals surface area contributed by atoms with Gasteiger partial charge in [-0.2, -0.15) is 0 Å². The molecule has 0 spiro atoms. The topological polar surface area (TPSA) is 25.4 Å². The van der Waals surface area contributed by atoms with E-state index in [-0.39, 0.29) is 12.1 Å². The third kappa shape index (κ3) is 3.42. The second-order valence-corrected chi connectivity index (χ2v) is 6.58. The van der Waals surface area contributed by atoms with Gasteiger partial charge >= 0.3 is 0 Å². The minimum atomic E-state index is -0.0370. The molecule has 2 aromatic carbocycles. The van der Waals surface area contributed by atoms with Crippen molar-refractivity contribution in [1.29, 1.82) is 0 Å². The Morgan fingerprint density at radius 2 is 1.72 bits per heavy atom. The number of likely N-dealkylation sites (N-methyl/N-ethyl adjacent to an activating group) is 1. The van der Waals surface area contributed by atoms with Crippen molar-refractivity contribution in [3.05, 3.63) is 95.8 Å². The first kappa shape index (κ1) is 15.9. The van der Waals surface area contributed by atoms with Crippen LogP contribution in [0.5, 0.6) is 5.75 Å². The molecule has 1 aliphatic heterocycles. The Morgan fingerprint density at radius 1 is 0.960 bits per heavy atom. The minimum absolute atomic E-state index is 0.0370. The highest BCUT2D eigenvalue weighted by atomic mass is 16.5. The average Bonchev–Trinajstić information content (AvgIpc) is 2.68. The third-order valence-electron chi connectivity index (χ3n) is 4.78. The highest BCUT2D eigenvalue weighted by Gasteiger charge is 2.34. The number of rotatable bonds is 4. The molecule has 2 unspecified atom stereocenters. The number of nitrogens with zero attached hydrogens (tertiary/aromatic N) is 2. The molecule has 126 valence electrons. The molecule has 0 amide bonds. The largest absolute Gasteiger partial charge is 0.474 e. The van der Waals surface area contributed by atoms with Crippen molar-refractivity contribution in [2.75, 3.05) is 7.05 Å². The molecule has 2 atom stereocenters. The smallest absolute Gasteiger partial charge is 0.161 e. The van der Waals surface area contributed by atoms with Gasteiger partial charge in [0, 0.05) is 18.4 Å². The predicted molar refractivity (Wildman–Crippen MR) is 99.4 cm³/mol. The summed E-state index contributed by atoms with van der Waals surface area (Å²) in [7, 11) is 2.13. The molecule has 0 bridgehead atoms. The number of pyridine rings is 1. The Balaban J connectivity index is 1.65. The fraction of sp³-hybridized carbons (Fsp3) is 0.227. The van der Waals surface area contributed by atoms with Crippen LogP contribution in [-0.4, -0.2) is 23.2 Å². The summed E-state index contributed by atoms with van der Waals surface area (Å²) in [4.78, 5) is 6.89. The Kier molecular flexibility index (Phi) is 4.49. The monoisotopic (exact) mass is 330 g/mol. The van der Waals surface area contributed by atoms with Gasteiger partial charge in [0.2, 0.25) is 0 Å². The van der Waals surface area contributed by atoms with Crippen LogP contribution in [0.2, 0.25) is 0 Å². The summed E-state index contributed by atoms with van der Waals surface area (Å²) in [5.41, 5.74) is 3.62.